The zero-order valence-electron chi connectivity index (χ0n) is 20.2. The highest BCUT2D eigenvalue weighted by atomic mass is 16.5. The topological polar surface area (TPSA) is 70.6 Å². The van der Waals surface area contributed by atoms with Crippen LogP contribution in [0.2, 0.25) is 0 Å². The standard InChI is InChI=1S/C24H41N5O3/c1-19-7-10-28(11-8-19)12-9-26-24(25-2)27-18-21(29-13-15-32-16-14-29)20-5-6-22(30-3)23(17-20)31-4/h5-6,17,19,21H,7-16,18H2,1-4H3,(H2,25,26,27). The Morgan fingerprint density at radius 2 is 1.81 bits per heavy atom. The van der Waals surface area contributed by atoms with Crippen molar-refractivity contribution in [1.29, 1.82) is 0 Å². The normalized spacial score (nSPS) is 20.1. The quantitative estimate of drug-likeness (QED) is 0.443. The maximum atomic E-state index is 5.58. The minimum Gasteiger partial charge on any atom is -0.493 e. The minimum absolute atomic E-state index is 0.181. The average molecular weight is 448 g/mol. The van der Waals surface area contributed by atoms with Crippen LogP contribution < -0.4 is 20.1 Å². The second-order valence-corrected chi connectivity index (χ2v) is 8.68. The number of hydrogen-bond donors (Lipinski definition) is 2. The first-order valence-electron chi connectivity index (χ1n) is 11.8. The van der Waals surface area contributed by atoms with E-state index in [1.807, 2.05) is 13.1 Å². The first-order valence-corrected chi connectivity index (χ1v) is 11.8. The molecular weight excluding hydrogens is 406 g/mol. The lowest BCUT2D eigenvalue weighted by molar-refractivity contribution is 0.0169. The molecule has 0 spiro atoms. The van der Waals surface area contributed by atoms with Gasteiger partial charge in [0.1, 0.15) is 0 Å². The number of nitrogens with one attached hydrogen (secondary N) is 2. The highest BCUT2D eigenvalue weighted by molar-refractivity contribution is 5.79. The first kappa shape index (κ1) is 24.6. The molecule has 1 aromatic rings. The van der Waals surface area contributed by atoms with Gasteiger partial charge in [-0.25, -0.2) is 0 Å². The average Bonchev–Trinajstić information content (AvgIpc) is 2.84. The number of morpholine rings is 1. The molecule has 32 heavy (non-hydrogen) atoms. The Kier molecular flexibility index (Phi) is 9.89. The number of nitrogens with zero attached hydrogens (tertiary/aromatic N) is 3. The van der Waals surface area contributed by atoms with E-state index in [9.17, 15) is 0 Å². The molecule has 2 saturated heterocycles. The maximum Gasteiger partial charge on any atom is 0.191 e. The number of piperidine rings is 1. The van der Waals surface area contributed by atoms with E-state index in [0.717, 1.165) is 69.3 Å². The van der Waals surface area contributed by atoms with E-state index in [2.05, 4.69) is 44.5 Å². The van der Waals surface area contributed by atoms with Crippen molar-refractivity contribution in [2.45, 2.75) is 25.8 Å². The highest BCUT2D eigenvalue weighted by Crippen LogP contribution is 2.32. The predicted octanol–water partition coefficient (Wildman–Crippen LogP) is 1.97. The maximum absolute atomic E-state index is 5.58. The summed E-state index contributed by atoms with van der Waals surface area (Å²) in [6.07, 6.45) is 2.61. The van der Waals surface area contributed by atoms with Crippen LogP contribution in [0.1, 0.15) is 31.4 Å². The molecule has 0 amide bonds. The van der Waals surface area contributed by atoms with Gasteiger partial charge in [0.2, 0.25) is 0 Å². The van der Waals surface area contributed by atoms with Crippen molar-refractivity contribution >= 4 is 5.96 Å². The number of ether oxygens (including phenoxy) is 3. The van der Waals surface area contributed by atoms with Crippen molar-refractivity contribution < 1.29 is 14.2 Å². The van der Waals surface area contributed by atoms with Crippen LogP contribution >= 0.6 is 0 Å². The van der Waals surface area contributed by atoms with Crippen molar-refractivity contribution in [2.24, 2.45) is 10.9 Å². The summed E-state index contributed by atoms with van der Waals surface area (Å²) in [6.45, 7) is 10.8. The van der Waals surface area contributed by atoms with E-state index in [-0.39, 0.29) is 6.04 Å². The zero-order chi connectivity index (χ0) is 22.8. The van der Waals surface area contributed by atoms with Crippen LogP contribution in [0.25, 0.3) is 0 Å². The van der Waals surface area contributed by atoms with E-state index < -0.39 is 0 Å². The third-order valence-electron chi connectivity index (χ3n) is 6.56. The summed E-state index contributed by atoms with van der Waals surface area (Å²) < 4.78 is 16.6. The Labute approximate surface area is 193 Å². The van der Waals surface area contributed by atoms with E-state index in [0.29, 0.717) is 0 Å². The molecule has 2 N–H and O–H groups in total. The number of likely N-dealkylation sites (tertiary alicyclic amines) is 1. The van der Waals surface area contributed by atoms with Gasteiger partial charge in [-0.3, -0.25) is 9.89 Å². The molecule has 3 rings (SSSR count). The van der Waals surface area contributed by atoms with Crippen LogP contribution in [0, 0.1) is 5.92 Å². The summed E-state index contributed by atoms with van der Waals surface area (Å²) in [5, 5.41) is 7.03. The third kappa shape index (κ3) is 6.98. The molecule has 0 bridgehead atoms. The van der Waals surface area contributed by atoms with Gasteiger partial charge >= 0.3 is 0 Å². The van der Waals surface area contributed by atoms with Crippen LogP contribution in [0.15, 0.2) is 23.2 Å². The van der Waals surface area contributed by atoms with Crippen molar-refractivity contribution in [2.75, 3.05) is 80.3 Å². The van der Waals surface area contributed by atoms with Gasteiger partial charge in [-0.2, -0.15) is 0 Å². The van der Waals surface area contributed by atoms with Crippen molar-refractivity contribution in [3.8, 4) is 11.5 Å². The molecule has 0 aromatic heterocycles. The molecule has 1 atom stereocenters. The van der Waals surface area contributed by atoms with Crippen LogP contribution in [0.4, 0.5) is 0 Å². The summed E-state index contributed by atoms with van der Waals surface area (Å²) in [4.78, 5) is 9.44. The van der Waals surface area contributed by atoms with Gasteiger partial charge in [0.25, 0.3) is 0 Å². The zero-order valence-corrected chi connectivity index (χ0v) is 20.2. The molecule has 0 radical (unpaired) electrons. The van der Waals surface area contributed by atoms with Gasteiger partial charge < -0.3 is 29.7 Å². The van der Waals surface area contributed by atoms with Crippen LogP contribution in [0.5, 0.6) is 11.5 Å². The van der Waals surface area contributed by atoms with Gasteiger partial charge in [-0.05, 0) is 49.5 Å². The molecule has 2 heterocycles. The summed E-state index contributed by atoms with van der Waals surface area (Å²) >= 11 is 0. The second kappa shape index (κ2) is 12.9. The molecule has 0 saturated carbocycles. The molecule has 2 aliphatic rings. The molecule has 8 heteroatoms. The Morgan fingerprint density at radius 3 is 2.47 bits per heavy atom. The molecule has 1 aromatic carbocycles. The smallest absolute Gasteiger partial charge is 0.191 e. The third-order valence-corrected chi connectivity index (χ3v) is 6.56. The number of rotatable bonds is 9. The number of aliphatic imine (C=N–C) groups is 1. The number of hydrogen-bond acceptors (Lipinski definition) is 6. The molecule has 8 nitrogen and oxygen atoms in total. The SMILES string of the molecule is CN=C(NCCN1CCC(C)CC1)NCC(c1ccc(OC)c(OC)c1)N1CCOCC1. The number of guanidine groups is 1. The fourth-order valence-electron chi connectivity index (χ4n) is 4.44. The molecule has 0 aliphatic carbocycles. The van der Waals surface area contributed by atoms with Gasteiger partial charge in [0.15, 0.2) is 17.5 Å². The number of methoxy groups -OCH3 is 2. The Bertz CT molecular complexity index is 716. The molecular formula is C24H41N5O3. The second-order valence-electron chi connectivity index (χ2n) is 8.68. The Balaban J connectivity index is 1.59. The lowest BCUT2D eigenvalue weighted by Gasteiger charge is -2.35. The van der Waals surface area contributed by atoms with E-state index in [1.165, 1.54) is 31.5 Å². The predicted molar refractivity (Wildman–Crippen MR) is 129 cm³/mol. The van der Waals surface area contributed by atoms with E-state index in [4.69, 9.17) is 14.2 Å². The fourth-order valence-corrected chi connectivity index (χ4v) is 4.44. The molecule has 1 unspecified atom stereocenters. The van der Waals surface area contributed by atoms with E-state index in [1.54, 1.807) is 14.2 Å². The van der Waals surface area contributed by atoms with Crippen LogP contribution in [-0.4, -0.2) is 96.1 Å². The summed E-state index contributed by atoms with van der Waals surface area (Å²) in [6, 6.07) is 6.36. The van der Waals surface area contributed by atoms with Gasteiger partial charge in [0, 0.05) is 39.8 Å². The Morgan fingerprint density at radius 1 is 1.09 bits per heavy atom. The monoisotopic (exact) mass is 447 g/mol. The minimum atomic E-state index is 0.181. The number of benzene rings is 1. The van der Waals surface area contributed by atoms with Gasteiger partial charge in [0.05, 0.1) is 33.5 Å². The van der Waals surface area contributed by atoms with Crippen molar-refractivity contribution in [3.63, 3.8) is 0 Å². The van der Waals surface area contributed by atoms with Crippen LogP contribution in [-0.2, 0) is 4.74 Å². The molecule has 2 aliphatic heterocycles. The van der Waals surface area contributed by atoms with E-state index >= 15 is 0 Å². The summed E-state index contributed by atoms with van der Waals surface area (Å²) in [5.74, 6) is 3.20. The van der Waals surface area contributed by atoms with Crippen LogP contribution in [0.3, 0.4) is 0 Å². The van der Waals surface area contributed by atoms with Crippen molar-refractivity contribution in [1.82, 2.24) is 20.4 Å². The molecule has 180 valence electrons. The van der Waals surface area contributed by atoms with Crippen molar-refractivity contribution in [3.05, 3.63) is 23.8 Å². The fraction of sp³-hybridized carbons (Fsp3) is 0.708. The first-order chi connectivity index (χ1) is 15.6. The summed E-state index contributed by atoms with van der Waals surface area (Å²) in [5.41, 5.74) is 1.19. The van der Waals surface area contributed by atoms with Gasteiger partial charge in [-0.15, -0.1) is 0 Å². The highest BCUT2D eigenvalue weighted by Gasteiger charge is 2.24. The lowest BCUT2D eigenvalue weighted by atomic mass is 9.99. The Hall–Kier alpha value is -2.03. The largest absolute Gasteiger partial charge is 0.493 e. The van der Waals surface area contributed by atoms with Gasteiger partial charge in [-0.1, -0.05) is 13.0 Å². The summed E-state index contributed by atoms with van der Waals surface area (Å²) in [7, 11) is 5.18. The lowest BCUT2D eigenvalue weighted by Crippen LogP contribution is -2.47. The molecule has 2 fully saturated rings.